The highest BCUT2D eigenvalue weighted by Crippen LogP contribution is 2.57. The van der Waals surface area contributed by atoms with Crippen LogP contribution in [0, 0.1) is 0 Å². The van der Waals surface area contributed by atoms with Crippen molar-refractivity contribution in [3.05, 3.63) is 81.3 Å². The standard InChI is InChI=1S/C37H43N3O8/c1-38(2)12-7-15-46-31-20-25-29(21-32(31)47-16-8-13-39(3)4)48-37(43)36-34(25)33(23-9-10-28(44-5)26(41)18-23)35-24-19-30(45-6)27(42)17-22(24)11-14-40(35)36/h9-11,14,17-21,33,35,41-42H,7-8,12-13,15-16H2,1-6H3. The van der Waals surface area contributed by atoms with Gasteiger partial charge in [0.15, 0.2) is 34.5 Å². The van der Waals surface area contributed by atoms with Crippen LogP contribution in [0.3, 0.4) is 0 Å². The van der Waals surface area contributed by atoms with Gasteiger partial charge in [-0.25, -0.2) is 4.79 Å². The topological polar surface area (TPSA) is 117 Å². The minimum atomic E-state index is -0.500. The molecule has 11 heteroatoms. The molecule has 3 aromatic carbocycles. The van der Waals surface area contributed by atoms with Gasteiger partial charge in [-0.1, -0.05) is 6.07 Å². The second-order valence-corrected chi connectivity index (χ2v) is 12.7. The summed E-state index contributed by atoms with van der Waals surface area (Å²) in [6, 6.07) is 12.0. The van der Waals surface area contributed by atoms with Crippen LogP contribution >= 0.6 is 0 Å². The van der Waals surface area contributed by atoms with E-state index in [9.17, 15) is 15.0 Å². The Balaban J connectivity index is 1.55. The lowest BCUT2D eigenvalue weighted by Gasteiger charge is -2.32. The highest BCUT2D eigenvalue weighted by Gasteiger charge is 2.46. The van der Waals surface area contributed by atoms with Crippen LogP contribution in [0.25, 0.3) is 17.0 Å². The van der Waals surface area contributed by atoms with Gasteiger partial charge in [-0.15, -0.1) is 0 Å². The molecule has 0 spiro atoms. The van der Waals surface area contributed by atoms with Gasteiger partial charge in [-0.3, -0.25) is 0 Å². The number of anilines is 1. The number of ether oxygens (including phenoxy) is 4. The molecule has 2 aliphatic heterocycles. The number of nitrogens with zero attached hydrogens (tertiary/aromatic N) is 3. The zero-order valence-corrected chi connectivity index (χ0v) is 28.3. The molecule has 48 heavy (non-hydrogen) atoms. The normalized spacial score (nSPS) is 16.3. The molecule has 11 nitrogen and oxygen atoms in total. The third kappa shape index (κ3) is 6.23. The molecule has 254 valence electrons. The summed E-state index contributed by atoms with van der Waals surface area (Å²) in [5, 5.41) is 22.2. The SMILES string of the molecule is COc1ccc(C2c3c(c(=O)oc4cc(OCCCN(C)C)c(OCCCN(C)C)cc34)N3C=Cc4cc(O)c(OC)cc4C23)cc1O. The lowest BCUT2D eigenvalue weighted by Crippen LogP contribution is -2.27. The van der Waals surface area contributed by atoms with Crippen molar-refractivity contribution < 1.29 is 33.6 Å². The number of hydrogen-bond donors (Lipinski definition) is 2. The first-order valence-corrected chi connectivity index (χ1v) is 16.1. The van der Waals surface area contributed by atoms with Crippen LogP contribution in [0.15, 0.2) is 57.9 Å². The highest BCUT2D eigenvalue weighted by atomic mass is 16.5. The van der Waals surface area contributed by atoms with E-state index in [2.05, 4.69) is 9.80 Å². The summed E-state index contributed by atoms with van der Waals surface area (Å²) >= 11 is 0. The van der Waals surface area contributed by atoms with Crippen molar-refractivity contribution in [2.24, 2.45) is 0 Å². The van der Waals surface area contributed by atoms with E-state index >= 15 is 0 Å². The van der Waals surface area contributed by atoms with E-state index in [0.29, 0.717) is 52.9 Å². The maximum Gasteiger partial charge on any atom is 0.360 e. The minimum absolute atomic E-state index is 0.0163. The van der Waals surface area contributed by atoms with Gasteiger partial charge < -0.3 is 48.3 Å². The second-order valence-electron chi connectivity index (χ2n) is 12.7. The number of fused-ring (bicyclic) bond motifs is 7. The van der Waals surface area contributed by atoms with E-state index in [1.54, 1.807) is 30.3 Å². The molecule has 6 rings (SSSR count). The van der Waals surface area contributed by atoms with Crippen molar-refractivity contribution in [1.29, 1.82) is 0 Å². The molecule has 0 fully saturated rings. The Labute approximate surface area is 280 Å². The zero-order valence-electron chi connectivity index (χ0n) is 28.3. The van der Waals surface area contributed by atoms with Crippen molar-refractivity contribution in [3.8, 4) is 34.5 Å². The van der Waals surface area contributed by atoms with E-state index < -0.39 is 17.6 Å². The van der Waals surface area contributed by atoms with Crippen molar-refractivity contribution in [1.82, 2.24) is 9.80 Å². The van der Waals surface area contributed by atoms with Gasteiger partial charge in [0.1, 0.15) is 11.3 Å². The van der Waals surface area contributed by atoms with E-state index in [4.69, 9.17) is 23.4 Å². The van der Waals surface area contributed by atoms with E-state index in [0.717, 1.165) is 48.2 Å². The first-order chi connectivity index (χ1) is 23.1. The van der Waals surface area contributed by atoms with Gasteiger partial charge in [0.05, 0.1) is 33.5 Å². The van der Waals surface area contributed by atoms with Crippen molar-refractivity contribution in [2.75, 3.05) is 73.6 Å². The molecule has 2 atom stereocenters. The smallest absolute Gasteiger partial charge is 0.360 e. The molecule has 0 saturated heterocycles. The maximum atomic E-state index is 14.0. The summed E-state index contributed by atoms with van der Waals surface area (Å²) in [6.45, 7) is 2.66. The summed E-state index contributed by atoms with van der Waals surface area (Å²) in [7, 11) is 11.1. The zero-order chi connectivity index (χ0) is 34.1. The Hall–Kier alpha value is -4.87. The van der Waals surface area contributed by atoms with E-state index in [1.165, 1.54) is 14.2 Å². The lowest BCUT2D eigenvalue weighted by molar-refractivity contribution is 0.244. The van der Waals surface area contributed by atoms with Crippen molar-refractivity contribution in [2.45, 2.75) is 24.8 Å². The fourth-order valence-electron chi connectivity index (χ4n) is 6.66. The third-order valence-electron chi connectivity index (χ3n) is 8.87. The first kappa shape index (κ1) is 33.0. The first-order valence-electron chi connectivity index (χ1n) is 16.1. The summed E-state index contributed by atoms with van der Waals surface area (Å²) in [6.07, 6.45) is 5.32. The van der Waals surface area contributed by atoms with Crippen LogP contribution in [0.2, 0.25) is 0 Å². The largest absolute Gasteiger partial charge is 0.504 e. The molecule has 2 aliphatic rings. The average molecular weight is 658 g/mol. The fraction of sp³-hybridized carbons (Fsp3) is 0.378. The summed E-state index contributed by atoms with van der Waals surface area (Å²) in [5.41, 5.74) is 3.39. The quantitative estimate of drug-likeness (QED) is 0.139. The summed E-state index contributed by atoms with van der Waals surface area (Å²) in [5.74, 6) is 1.27. The van der Waals surface area contributed by atoms with Crippen LogP contribution in [0.4, 0.5) is 5.69 Å². The summed E-state index contributed by atoms with van der Waals surface area (Å²) < 4.78 is 29.5. The van der Waals surface area contributed by atoms with Gasteiger partial charge in [-0.2, -0.15) is 0 Å². The molecule has 0 saturated carbocycles. The molecule has 1 aromatic heterocycles. The molecule has 0 radical (unpaired) electrons. The minimum Gasteiger partial charge on any atom is -0.504 e. The number of benzene rings is 3. The van der Waals surface area contributed by atoms with Gasteiger partial charge in [-0.05, 0) is 94.1 Å². The van der Waals surface area contributed by atoms with Crippen LogP contribution in [-0.4, -0.2) is 88.7 Å². The Morgan fingerprint density at radius 3 is 2.08 bits per heavy atom. The Bertz CT molecular complexity index is 1900. The van der Waals surface area contributed by atoms with Gasteiger partial charge in [0, 0.05) is 42.2 Å². The molecule has 3 heterocycles. The predicted octanol–water partition coefficient (Wildman–Crippen LogP) is 5.56. The van der Waals surface area contributed by atoms with Gasteiger partial charge >= 0.3 is 5.63 Å². The summed E-state index contributed by atoms with van der Waals surface area (Å²) in [4.78, 5) is 20.1. The van der Waals surface area contributed by atoms with Crippen molar-refractivity contribution in [3.63, 3.8) is 0 Å². The third-order valence-corrected chi connectivity index (χ3v) is 8.87. The van der Waals surface area contributed by atoms with E-state index in [-0.39, 0.29) is 11.5 Å². The molecule has 4 aromatic rings. The monoisotopic (exact) mass is 657 g/mol. The molecular formula is C37H43N3O8. The predicted molar refractivity (Wildman–Crippen MR) is 185 cm³/mol. The molecule has 0 aliphatic carbocycles. The van der Waals surface area contributed by atoms with Crippen molar-refractivity contribution >= 4 is 22.7 Å². The average Bonchev–Trinajstić information content (AvgIpc) is 3.41. The van der Waals surface area contributed by atoms with Gasteiger partial charge in [0.2, 0.25) is 0 Å². The molecule has 2 unspecified atom stereocenters. The Kier molecular flexibility index (Phi) is 9.43. The lowest BCUT2D eigenvalue weighted by atomic mass is 9.81. The maximum absolute atomic E-state index is 14.0. The number of phenols is 2. The van der Waals surface area contributed by atoms with Crippen LogP contribution in [0.5, 0.6) is 34.5 Å². The Morgan fingerprint density at radius 1 is 0.812 bits per heavy atom. The van der Waals surface area contributed by atoms with Crippen LogP contribution < -0.4 is 29.5 Å². The number of phenolic OH excluding ortho intramolecular Hbond substituents is 2. The number of rotatable bonds is 13. The fourth-order valence-corrected chi connectivity index (χ4v) is 6.66. The van der Waals surface area contributed by atoms with Crippen LogP contribution in [-0.2, 0) is 0 Å². The highest BCUT2D eigenvalue weighted by molar-refractivity contribution is 5.92. The van der Waals surface area contributed by atoms with Gasteiger partial charge in [0.25, 0.3) is 0 Å². The molecule has 0 amide bonds. The molecule has 0 bridgehead atoms. The molecular weight excluding hydrogens is 614 g/mol. The number of methoxy groups -OCH3 is 2. The Morgan fingerprint density at radius 2 is 1.46 bits per heavy atom. The number of aromatic hydroxyl groups is 2. The molecule has 2 N–H and O–H groups in total. The van der Waals surface area contributed by atoms with Crippen LogP contribution in [0.1, 0.15) is 47.1 Å². The second kappa shape index (κ2) is 13.7. The van der Waals surface area contributed by atoms with E-state index in [1.807, 2.05) is 57.5 Å². The number of hydrogen-bond acceptors (Lipinski definition) is 11.